The van der Waals surface area contributed by atoms with Gasteiger partial charge in [0.05, 0.1) is 5.69 Å². The van der Waals surface area contributed by atoms with Crippen LogP contribution in [-0.4, -0.2) is 16.4 Å². The Labute approximate surface area is 122 Å². The molecule has 0 bridgehead atoms. The van der Waals surface area contributed by atoms with Crippen molar-refractivity contribution < 1.29 is 0 Å². The lowest BCUT2D eigenvalue weighted by molar-refractivity contribution is 0.267. The number of halogens is 1. The molecule has 2 N–H and O–H groups in total. The summed E-state index contributed by atoms with van der Waals surface area (Å²) in [5, 5.41) is 0. The highest BCUT2D eigenvalue weighted by Gasteiger charge is 2.08. The maximum atomic E-state index is 5.85. The normalized spacial score (nSPS) is 10.9. The summed E-state index contributed by atoms with van der Waals surface area (Å²) in [6.45, 7) is 4.83. The number of pyridine rings is 1. The van der Waals surface area contributed by atoms with Crippen LogP contribution >= 0.6 is 15.9 Å². The first-order valence-corrected chi connectivity index (χ1v) is 7.14. The second kappa shape index (κ2) is 6.68. The molecule has 1 heterocycles. The fraction of sp³-hybridized carbons (Fsp3) is 0.267. The summed E-state index contributed by atoms with van der Waals surface area (Å²) in [6, 6.07) is 11.9. The molecule has 0 aliphatic rings. The highest BCUT2D eigenvalue weighted by molar-refractivity contribution is 9.10. The SMILES string of the molecule is CCN(Cc1ccccn1)Cc1cc(N)ccc1Br. The van der Waals surface area contributed by atoms with Gasteiger partial charge >= 0.3 is 0 Å². The molecule has 19 heavy (non-hydrogen) atoms. The molecule has 0 spiro atoms. The van der Waals surface area contributed by atoms with Crippen LogP contribution in [0.25, 0.3) is 0 Å². The van der Waals surface area contributed by atoms with Gasteiger partial charge in [-0.25, -0.2) is 0 Å². The molecule has 0 unspecified atom stereocenters. The fourth-order valence-electron chi connectivity index (χ4n) is 1.96. The van der Waals surface area contributed by atoms with Gasteiger partial charge in [0.1, 0.15) is 0 Å². The number of aromatic nitrogens is 1. The van der Waals surface area contributed by atoms with Crippen molar-refractivity contribution >= 4 is 21.6 Å². The Morgan fingerprint density at radius 2 is 2.05 bits per heavy atom. The molecule has 100 valence electrons. The zero-order valence-corrected chi connectivity index (χ0v) is 12.6. The molecule has 0 atom stereocenters. The van der Waals surface area contributed by atoms with Crippen LogP contribution in [0, 0.1) is 0 Å². The summed E-state index contributed by atoms with van der Waals surface area (Å²) in [7, 11) is 0. The van der Waals surface area contributed by atoms with Crippen molar-refractivity contribution in [2.75, 3.05) is 12.3 Å². The topological polar surface area (TPSA) is 42.2 Å². The third-order valence-electron chi connectivity index (χ3n) is 3.02. The number of hydrogen-bond acceptors (Lipinski definition) is 3. The number of nitrogens with zero attached hydrogens (tertiary/aromatic N) is 2. The average molecular weight is 320 g/mol. The number of nitrogens with two attached hydrogens (primary N) is 1. The molecule has 4 heteroatoms. The third kappa shape index (κ3) is 4.04. The zero-order valence-electron chi connectivity index (χ0n) is 11.0. The van der Waals surface area contributed by atoms with E-state index in [4.69, 9.17) is 5.73 Å². The minimum absolute atomic E-state index is 0.798. The first kappa shape index (κ1) is 14.0. The van der Waals surface area contributed by atoms with E-state index in [1.165, 1.54) is 5.56 Å². The maximum Gasteiger partial charge on any atom is 0.0544 e. The van der Waals surface area contributed by atoms with Crippen molar-refractivity contribution in [3.63, 3.8) is 0 Å². The molecule has 2 aromatic rings. The summed E-state index contributed by atoms with van der Waals surface area (Å²) >= 11 is 3.58. The van der Waals surface area contributed by atoms with Crippen LogP contribution < -0.4 is 5.73 Å². The number of rotatable bonds is 5. The van der Waals surface area contributed by atoms with E-state index >= 15 is 0 Å². The van der Waals surface area contributed by atoms with Crippen molar-refractivity contribution in [3.8, 4) is 0 Å². The van der Waals surface area contributed by atoms with Crippen molar-refractivity contribution in [2.24, 2.45) is 0 Å². The second-order valence-electron chi connectivity index (χ2n) is 4.48. The Kier molecular flexibility index (Phi) is 4.93. The van der Waals surface area contributed by atoms with Gasteiger partial charge in [-0.3, -0.25) is 9.88 Å². The summed E-state index contributed by atoms with van der Waals surface area (Å²) in [4.78, 5) is 6.71. The molecule has 0 aliphatic heterocycles. The largest absolute Gasteiger partial charge is 0.399 e. The van der Waals surface area contributed by atoms with Gasteiger partial charge in [-0.1, -0.05) is 28.9 Å². The van der Waals surface area contributed by atoms with Crippen molar-refractivity contribution in [3.05, 3.63) is 58.3 Å². The monoisotopic (exact) mass is 319 g/mol. The van der Waals surface area contributed by atoms with E-state index in [0.717, 1.165) is 35.5 Å². The minimum atomic E-state index is 0.798. The summed E-state index contributed by atoms with van der Waals surface area (Å²) in [6.07, 6.45) is 1.83. The molecule has 0 radical (unpaired) electrons. The molecular formula is C15H18BrN3. The van der Waals surface area contributed by atoms with E-state index in [1.807, 2.05) is 36.5 Å². The third-order valence-corrected chi connectivity index (χ3v) is 3.80. The van der Waals surface area contributed by atoms with Gasteiger partial charge in [0.25, 0.3) is 0 Å². The van der Waals surface area contributed by atoms with Crippen LogP contribution in [0.1, 0.15) is 18.2 Å². The molecule has 0 saturated carbocycles. The summed E-state index contributed by atoms with van der Waals surface area (Å²) < 4.78 is 1.10. The number of nitrogen functional groups attached to an aromatic ring is 1. The van der Waals surface area contributed by atoms with Crippen molar-refractivity contribution in [1.82, 2.24) is 9.88 Å². The van der Waals surface area contributed by atoms with Gasteiger partial charge in [-0.15, -0.1) is 0 Å². The molecule has 0 amide bonds. The van der Waals surface area contributed by atoms with E-state index in [9.17, 15) is 0 Å². The molecule has 1 aromatic carbocycles. The van der Waals surface area contributed by atoms with Crippen LogP contribution in [0.5, 0.6) is 0 Å². The minimum Gasteiger partial charge on any atom is -0.399 e. The fourth-order valence-corrected chi connectivity index (χ4v) is 2.33. The predicted octanol–water partition coefficient (Wildman–Crippen LogP) is 3.45. The Bertz CT molecular complexity index is 528. The lowest BCUT2D eigenvalue weighted by Gasteiger charge is -2.21. The van der Waals surface area contributed by atoms with Gasteiger partial charge in [0.2, 0.25) is 0 Å². The molecule has 3 nitrogen and oxygen atoms in total. The van der Waals surface area contributed by atoms with E-state index in [0.29, 0.717) is 0 Å². The summed E-state index contributed by atoms with van der Waals surface area (Å²) in [5.41, 5.74) is 8.94. The predicted molar refractivity (Wildman–Crippen MR) is 82.6 cm³/mol. The van der Waals surface area contributed by atoms with Crippen molar-refractivity contribution in [1.29, 1.82) is 0 Å². The summed E-state index contributed by atoms with van der Waals surface area (Å²) in [5.74, 6) is 0. The van der Waals surface area contributed by atoms with E-state index in [-0.39, 0.29) is 0 Å². The Morgan fingerprint density at radius 3 is 2.74 bits per heavy atom. The van der Waals surface area contributed by atoms with Gasteiger partial charge in [-0.05, 0) is 42.4 Å². The Morgan fingerprint density at radius 1 is 1.21 bits per heavy atom. The number of anilines is 1. The van der Waals surface area contributed by atoms with Crippen LogP contribution in [0.3, 0.4) is 0 Å². The lowest BCUT2D eigenvalue weighted by atomic mass is 10.2. The molecule has 2 rings (SSSR count). The maximum absolute atomic E-state index is 5.85. The first-order chi connectivity index (χ1) is 9.19. The number of hydrogen-bond donors (Lipinski definition) is 1. The Balaban J connectivity index is 2.09. The quantitative estimate of drug-likeness (QED) is 0.858. The lowest BCUT2D eigenvalue weighted by Crippen LogP contribution is -2.23. The van der Waals surface area contributed by atoms with Crippen LogP contribution in [0.4, 0.5) is 5.69 Å². The zero-order chi connectivity index (χ0) is 13.7. The van der Waals surface area contributed by atoms with E-state index < -0.39 is 0 Å². The molecular weight excluding hydrogens is 302 g/mol. The highest BCUT2D eigenvalue weighted by Crippen LogP contribution is 2.21. The molecule has 0 fully saturated rings. The second-order valence-corrected chi connectivity index (χ2v) is 5.33. The standard InChI is InChI=1S/C15H18BrN3/c1-2-19(11-14-5-3-4-8-18-14)10-12-9-13(17)6-7-15(12)16/h3-9H,2,10-11,17H2,1H3. The van der Waals surface area contributed by atoms with Crippen molar-refractivity contribution in [2.45, 2.75) is 20.0 Å². The first-order valence-electron chi connectivity index (χ1n) is 6.35. The average Bonchev–Trinajstić information content (AvgIpc) is 2.43. The van der Waals surface area contributed by atoms with Gasteiger partial charge in [-0.2, -0.15) is 0 Å². The van der Waals surface area contributed by atoms with Gasteiger partial charge in [0.15, 0.2) is 0 Å². The highest BCUT2D eigenvalue weighted by atomic mass is 79.9. The van der Waals surface area contributed by atoms with Crippen LogP contribution in [0.2, 0.25) is 0 Å². The van der Waals surface area contributed by atoms with Crippen LogP contribution in [0.15, 0.2) is 47.1 Å². The van der Waals surface area contributed by atoms with Gasteiger partial charge < -0.3 is 5.73 Å². The number of benzene rings is 1. The van der Waals surface area contributed by atoms with Gasteiger partial charge in [0, 0.05) is 29.4 Å². The van der Waals surface area contributed by atoms with Crippen LogP contribution in [-0.2, 0) is 13.1 Å². The molecule has 0 aliphatic carbocycles. The van der Waals surface area contributed by atoms with E-state index in [2.05, 4.69) is 38.8 Å². The molecule has 1 aromatic heterocycles. The Hall–Kier alpha value is -1.39. The molecule has 0 saturated heterocycles. The van der Waals surface area contributed by atoms with E-state index in [1.54, 1.807) is 0 Å². The smallest absolute Gasteiger partial charge is 0.0544 e.